The molecular formula is C21H16Cl2N4O2. The first-order valence-electron chi connectivity index (χ1n) is 8.92. The van der Waals surface area contributed by atoms with E-state index in [1.165, 1.54) is 24.8 Å². The first-order chi connectivity index (χ1) is 14.0. The van der Waals surface area contributed by atoms with Crippen LogP contribution in [0.15, 0.2) is 61.2 Å². The fourth-order valence-corrected chi connectivity index (χ4v) is 3.85. The Bertz CT molecular complexity index is 1110. The van der Waals surface area contributed by atoms with Gasteiger partial charge in [0.25, 0.3) is 11.8 Å². The highest BCUT2D eigenvalue weighted by molar-refractivity contribution is 6.35. The number of carbonyl (C=O) groups is 2. The van der Waals surface area contributed by atoms with Crippen molar-refractivity contribution in [2.45, 2.75) is 13.0 Å². The Balaban J connectivity index is 1.77. The molecule has 2 amide bonds. The molecule has 3 aromatic rings. The molecule has 3 heterocycles. The maximum absolute atomic E-state index is 13.3. The van der Waals surface area contributed by atoms with Gasteiger partial charge in [-0.05, 0) is 31.2 Å². The molecule has 0 fully saturated rings. The topological polar surface area (TPSA) is 66.4 Å². The minimum atomic E-state index is -0.286. The standard InChI is InChI=1S/C21H16Cl2N4O2/c1-13-12-26(20(28)14-6-8-24-10-16(14)22)18-4-2-3-5-19(18)27(13)21(29)15-7-9-25-11-17(15)23/h2-11,13H,12H2,1H3. The Morgan fingerprint density at radius 3 is 2.03 bits per heavy atom. The monoisotopic (exact) mass is 426 g/mol. The Hall–Kier alpha value is -2.96. The molecule has 29 heavy (non-hydrogen) atoms. The van der Waals surface area contributed by atoms with Crippen LogP contribution in [0.4, 0.5) is 11.4 Å². The number of fused-ring (bicyclic) bond motifs is 1. The fourth-order valence-electron chi connectivity index (χ4n) is 3.45. The van der Waals surface area contributed by atoms with Crippen LogP contribution in [-0.2, 0) is 0 Å². The van der Waals surface area contributed by atoms with E-state index < -0.39 is 0 Å². The van der Waals surface area contributed by atoms with Crippen molar-refractivity contribution in [2.24, 2.45) is 0 Å². The van der Waals surface area contributed by atoms with Crippen molar-refractivity contribution in [1.29, 1.82) is 0 Å². The normalized spacial score (nSPS) is 15.8. The Morgan fingerprint density at radius 2 is 1.45 bits per heavy atom. The molecule has 0 bridgehead atoms. The number of rotatable bonds is 2. The third-order valence-corrected chi connectivity index (χ3v) is 5.39. The minimum Gasteiger partial charge on any atom is -0.304 e. The molecule has 0 N–H and O–H groups in total. The zero-order valence-corrected chi connectivity index (χ0v) is 16.9. The summed E-state index contributed by atoms with van der Waals surface area (Å²) >= 11 is 12.4. The largest absolute Gasteiger partial charge is 0.304 e. The number of hydrogen-bond donors (Lipinski definition) is 0. The molecule has 0 radical (unpaired) electrons. The van der Waals surface area contributed by atoms with Gasteiger partial charge >= 0.3 is 0 Å². The van der Waals surface area contributed by atoms with Gasteiger partial charge in [0.05, 0.1) is 38.6 Å². The van der Waals surface area contributed by atoms with E-state index in [9.17, 15) is 9.59 Å². The summed E-state index contributed by atoms with van der Waals surface area (Å²) < 4.78 is 0. The van der Waals surface area contributed by atoms with E-state index in [4.69, 9.17) is 23.2 Å². The lowest BCUT2D eigenvalue weighted by atomic mass is 10.0. The van der Waals surface area contributed by atoms with Gasteiger partial charge in [-0.1, -0.05) is 35.3 Å². The minimum absolute atomic E-state index is 0.244. The molecule has 0 saturated heterocycles. The lowest BCUT2D eigenvalue weighted by Gasteiger charge is -2.41. The molecule has 1 unspecified atom stereocenters. The van der Waals surface area contributed by atoms with Crippen molar-refractivity contribution in [2.75, 3.05) is 16.3 Å². The van der Waals surface area contributed by atoms with Crippen LogP contribution in [0.2, 0.25) is 10.0 Å². The highest BCUT2D eigenvalue weighted by Crippen LogP contribution is 2.38. The lowest BCUT2D eigenvalue weighted by Crippen LogP contribution is -2.52. The van der Waals surface area contributed by atoms with Gasteiger partial charge in [0.2, 0.25) is 0 Å². The average Bonchev–Trinajstić information content (AvgIpc) is 2.73. The van der Waals surface area contributed by atoms with Crippen LogP contribution in [0.1, 0.15) is 27.6 Å². The van der Waals surface area contributed by atoms with Gasteiger partial charge < -0.3 is 9.80 Å². The zero-order valence-electron chi connectivity index (χ0n) is 15.4. The number of amides is 2. The van der Waals surface area contributed by atoms with Crippen LogP contribution >= 0.6 is 23.2 Å². The van der Waals surface area contributed by atoms with Crippen molar-refractivity contribution in [3.63, 3.8) is 0 Å². The van der Waals surface area contributed by atoms with E-state index in [0.717, 1.165) is 0 Å². The number of carbonyl (C=O) groups excluding carboxylic acids is 2. The number of pyridine rings is 2. The number of aromatic nitrogens is 2. The van der Waals surface area contributed by atoms with Crippen LogP contribution in [0, 0.1) is 0 Å². The van der Waals surface area contributed by atoms with Crippen LogP contribution in [0.3, 0.4) is 0 Å². The molecule has 146 valence electrons. The summed E-state index contributed by atoms with van der Waals surface area (Å²) in [6.45, 7) is 2.19. The van der Waals surface area contributed by atoms with Gasteiger partial charge in [-0.25, -0.2) is 0 Å². The van der Waals surface area contributed by atoms with Crippen LogP contribution in [-0.4, -0.2) is 34.4 Å². The van der Waals surface area contributed by atoms with E-state index in [1.54, 1.807) is 21.9 Å². The second kappa shape index (κ2) is 7.81. The molecule has 1 aliphatic heterocycles. The van der Waals surface area contributed by atoms with E-state index in [1.807, 2.05) is 31.2 Å². The van der Waals surface area contributed by atoms with Crippen LogP contribution in [0.5, 0.6) is 0 Å². The van der Waals surface area contributed by atoms with Gasteiger partial charge in [-0.2, -0.15) is 0 Å². The Kier molecular flexibility index (Phi) is 5.22. The molecule has 0 saturated carbocycles. The summed E-state index contributed by atoms with van der Waals surface area (Å²) in [7, 11) is 0. The van der Waals surface area contributed by atoms with Crippen LogP contribution in [0.25, 0.3) is 0 Å². The quantitative estimate of drug-likeness (QED) is 0.605. The molecule has 8 heteroatoms. The summed E-state index contributed by atoms with van der Waals surface area (Å²) in [5.74, 6) is -0.489. The third kappa shape index (κ3) is 3.45. The van der Waals surface area contributed by atoms with Gasteiger partial charge in [0.1, 0.15) is 0 Å². The summed E-state index contributed by atoms with van der Waals surface area (Å²) in [6.07, 6.45) is 5.94. The number of hydrogen-bond acceptors (Lipinski definition) is 4. The zero-order chi connectivity index (χ0) is 20.5. The number of benzene rings is 1. The van der Waals surface area contributed by atoms with Crippen molar-refractivity contribution in [3.05, 3.63) is 82.4 Å². The van der Waals surface area contributed by atoms with E-state index in [0.29, 0.717) is 29.0 Å². The molecule has 6 nitrogen and oxygen atoms in total. The van der Waals surface area contributed by atoms with Gasteiger partial charge in [0, 0.05) is 31.3 Å². The molecule has 2 aromatic heterocycles. The third-order valence-electron chi connectivity index (χ3n) is 4.79. The van der Waals surface area contributed by atoms with Gasteiger partial charge in [-0.3, -0.25) is 19.6 Å². The summed E-state index contributed by atoms with van der Waals surface area (Å²) in [5.41, 5.74) is 1.98. The van der Waals surface area contributed by atoms with E-state index >= 15 is 0 Å². The predicted molar refractivity (Wildman–Crippen MR) is 113 cm³/mol. The first-order valence-corrected chi connectivity index (χ1v) is 9.68. The van der Waals surface area contributed by atoms with Gasteiger partial charge in [-0.15, -0.1) is 0 Å². The van der Waals surface area contributed by atoms with Crippen molar-refractivity contribution in [3.8, 4) is 0 Å². The van der Waals surface area contributed by atoms with Crippen molar-refractivity contribution >= 4 is 46.4 Å². The average molecular weight is 427 g/mol. The van der Waals surface area contributed by atoms with E-state index in [-0.39, 0.29) is 27.9 Å². The molecule has 1 aromatic carbocycles. The first kappa shape index (κ1) is 19.4. The molecule has 4 rings (SSSR count). The highest BCUT2D eigenvalue weighted by Gasteiger charge is 2.36. The molecule has 0 spiro atoms. The maximum Gasteiger partial charge on any atom is 0.260 e. The molecule has 0 aliphatic carbocycles. The maximum atomic E-state index is 13.3. The molecule has 1 atom stereocenters. The van der Waals surface area contributed by atoms with Crippen molar-refractivity contribution in [1.82, 2.24) is 9.97 Å². The second-order valence-corrected chi connectivity index (χ2v) is 7.45. The Morgan fingerprint density at radius 1 is 0.897 bits per heavy atom. The van der Waals surface area contributed by atoms with Crippen molar-refractivity contribution < 1.29 is 9.59 Å². The summed E-state index contributed by atoms with van der Waals surface area (Å²) in [5, 5.41) is 0.564. The highest BCUT2D eigenvalue weighted by atomic mass is 35.5. The fraction of sp³-hybridized carbons (Fsp3) is 0.143. The van der Waals surface area contributed by atoms with Crippen LogP contribution < -0.4 is 9.80 Å². The summed E-state index contributed by atoms with van der Waals surface area (Å²) in [6, 6.07) is 10.2. The Labute approximate surface area is 177 Å². The number of para-hydroxylation sites is 2. The second-order valence-electron chi connectivity index (χ2n) is 6.64. The lowest BCUT2D eigenvalue weighted by molar-refractivity contribution is 0.0953. The number of anilines is 2. The predicted octanol–water partition coefficient (Wildman–Crippen LogP) is 4.48. The SMILES string of the molecule is CC1CN(C(=O)c2ccncc2Cl)c2ccccc2N1C(=O)c1ccncc1Cl. The van der Waals surface area contributed by atoms with Gasteiger partial charge in [0.15, 0.2) is 0 Å². The number of nitrogens with zero attached hydrogens (tertiary/aromatic N) is 4. The molecule has 1 aliphatic rings. The number of halogens is 2. The summed E-state index contributed by atoms with van der Waals surface area (Å²) in [4.78, 5) is 37.7. The smallest absolute Gasteiger partial charge is 0.260 e. The van der Waals surface area contributed by atoms with E-state index in [2.05, 4.69) is 9.97 Å². The molecular weight excluding hydrogens is 411 g/mol.